The van der Waals surface area contributed by atoms with Gasteiger partial charge in [-0.15, -0.1) is 0 Å². The highest BCUT2D eigenvalue weighted by Crippen LogP contribution is 2.36. The van der Waals surface area contributed by atoms with Crippen LogP contribution in [-0.4, -0.2) is 60.4 Å². The molecular formula is C23H26F3N5O4. The van der Waals surface area contributed by atoms with Crippen LogP contribution < -0.4 is 10.9 Å². The molecule has 35 heavy (non-hydrogen) atoms. The quantitative estimate of drug-likeness (QED) is 0.511. The van der Waals surface area contributed by atoms with Crippen molar-refractivity contribution in [1.82, 2.24) is 24.6 Å². The van der Waals surface area contributed by atoms with Crippen molar-refractivity contribution in [3.8, 4) is 5.69 Å². The van der Waals surface area contributed by atoms with E-state index in [4.69, 9.17) is 9.90 Å². The molecule has 2 fully saturated rings. The second kappa shape index (κ2) is 9.78. The van der Waals surface area contributed by atoms with Crippen molar-refractivity contribution in [2.45, 2.75) is 56.3 Å². The second-order valence-corrected chi connectivity index (χ2v) is 8.97. The molecule has 0 atom stereocenters. The van der Waals surface area contributed by atoms with Crippen molar-refractivity contribution in [2.75, 3.05) is 13.1 Å². The Balaban J connectivity index is 0.000000364. The van der Waals surface area contributed by atoms with Gasteiger partial charge in [0, 0.05) is 0 Å². The zero-order valence-electron chi connectivity index (χ0n) is 18.8. The predicted octanol–water partition coefficient (Wildman–Crippen LogP) is 2.60. The van der Waals surface area contributed by atoms with E-state index < -0.39 is 17.7 Å². The summed E-state index contributed by atoms with van der Waals surface area (Å²) in [6.07, 6.45) is 3.15. The van der Waals surface area contributed by atoms with Crippen LogP contribution in [-0.2, 0) is 11.3 Å². The second-order valence-electron chi connectivity index (χ2n) is 8.97. The standard InChI is InChI=1S/C21H25N5O2.C2HF3O2/c27-20-18-12-24-26(17-6-4-16(5-7-17)15-2-1-3-15)19(18)23-14-25(20)13-21(28)8-10-22-11-9-21;3-2(4,5)1(6)7/h4-7,12,14-15,22,28H,1-3,8-11,13H2;(H,6,7). The number of hydrogen-bond donors (Lipinski definition) is 3. The lowest BCUT2D eigenvalue weighted by molar-refractivity contribution is -0.192. The van der Waals surface area contributed by atoms with Crippen LogP contribution in [0.15, 0.2) is 41.6 Å². The average Bonchev–Trinajstić information content (AvgIpc) is 3.20. The lowest BCUT2D eigenvalue weighted by Gasteiger charge is -2.32. The largest absolute Gasteiger partial charge is 0.490 e. The fourth-order valence-corrected chi connectivity index (χ4v) is 4.25. The summed E-state index contributed by atoms with van der Waals surface area (Å²) < 4.78 is 35.0. The van der Waals surface area contributed by atoms with E-state index >= 15 is 0 Å². The number of benzene rings is 1. The maximum atomic E-state index is 12.9. The number of aliphatic carboxylic acids is 1. The highest BCUT2D eigenvalue weighted by molar-refractivity contribution is 5.75. The van der Waals surface area contributed by atoms with Crippen LogP contribution >= 0.6 is 0 Å². The van der Waals surface area contributed by atoms with E-state index in [2.05, 4.69) is 27.5 Å². The molecule has 3 heterocycles. The fraction of sp³-hybridized carbons (Fsp3) is 0.478. The van der Waals surface area contributed by atoms with Crippen molar-refractivity contribution in [3.05, 3.63) is 52.7 Å². The number of carboxylic acids is 1. The molecule has 1 aromatic carbocycles. The molecule has 2 aromatic heterocycles. The molecule has 0 spiro atoms. The third-order valence-corrected chi connectivity index (χ3v) is 6.51. The minimum Gasteiger partial charge on any atom is -0.475 e. The summed E-state index contributed by atoms with van der Waals surface area (Å²) >= 11 is 0. The van der Waals surface area contributed by atoms with Crippen LogP contribution in [0.3, 0.4) is 0 Å². The summed E-state index contributed by atoms with van der Waals surface area (Å²) in [5, 5.41) is 26.0. The van der Waals surface area contributed by atoms with Crippen molar-refractivity contribution >= 4 is 17.0 Å². The van der Waals surface area contributed by atoms with Gasteiger partial charge in [-0.1, -0.05) is 18.6 Å². The number of fused-ring (bicyclic) bond motifs is 1. The minimum atomic E-state index is -5.08. The van der Waals surface area contributed by atoms with Gasteiger partial charge >= 0.3 is 12.1 Å². The summed E-state index contributed by atoms with van der Waals surface area (Å²) in [7, 11) is 0. The Kier molecular flexibility index (Phi) is 6.95. The zero-order valence-corrected chi connectivity index (χ0v) is 18.8. The number of piperidine rings is 1. The Hall–Kier alpha value is -3.25. The number of carboxylic acid groups (broad SMARTS) is 1. The topological polar surface area (TPSA) is 122 Å². The summed E-state index contributed by atoms with van der Waals surface area (Å²) in [5.41, 5.74) is 1.80. The van der Waals surface area contributed by atoms with Gasteiger partial charge in [-0.25, -0.2) is 14.5 Å². The van der Waals surface area contributed by atoms with Gasteiger partial charge in [0.15, 0.2) is 5.65 Å². The van der Waals surface area contributed by atoms with E-state index in [0.29, 0.717) is 29.8 Å². The first kappa shape index (κ1) is 24.9. The van der Waals surface area contributed by atoms with E-state index in [-0.39, 0.29) is 12.1 Å². The molecule has 188 valence electrons. The molecule has 0 radical (unpaired) electrons. The first-order valence-electron chi connectivity index (χ1n) is 11.3. The number of carbonyl (C=O) groups is 1. The number of aromatic nitrogens is 4. The molecule has 5 rings (SSSR count). The Morgan fingerprint density at radius 3 is 2.34 bits per heavy atom. The smallest absolute Gasteiger partial charge is 0.475 e. The van der Waals surface area contributed by atoms with Gasteiger partial charge in [-0.05, 0) is 62.4 Å². The third-order valence-electron chi connectivity index (χ3n) is 6.51. The highest BCUT2D eigenvalue weighted by Gasteiger charge is 2.38. The molecule has 9 nitrogen and oxygen atoms in total. The first-order valence-corrected chi connectivity index (χ1v) is 11.3. The van der Waals surface area contributed by atoms with Crippen LogP contribution in [0.1, 0.15) is 43.6 Å². The fourth-order valence-electron chi connectivity index (χ4n) is 4.25. The van der Waals surface area contributed by atoms with Crippen molar-refractivity contribution < 1.29 is 28.2 Å². The number of rotatable bonds is 4. The normalized spacial score (nSPS) is 17.9. The molecule has 0 bridgehead atoms. The van der Waals surface area contributed by atoms with Crippen molar-refractivity contribution in [2.24, 2.45) is 0 Å². The van der Waals surface area contributed by atoms with E-state index in [0.717, 1.165) is 18.8 Å². The van der Waals surface area contributed by atoms with Gasteiger partial charge in [0.25, 0.3) is 5.56 Å². The maximum Gasteiger partial charge on any atom is 0.490 e. The monoisotopic (exact) mass is 493 g/mol. The van der Waals surface area contributed by atoms with Crippen LogP contribution in [0.5, 0.6) is 0 Å². The minimum absolute atomic E-state index is 0.158. The molecule has 1 saturated carbocycles. The first-order chi connectivity index (χ1) is 16.6. The van der Waals surface area contributed by atoms with Crippen molar-refractivity contribution in [3.63, 3.8) is 0 Å². The van der Waals surface area contributed by atoms with Gasteiger partial charge in [-0.2, -0.15) is 18.3 Å². The summed E-state index contributed by atoms with van der Waals surface area (Å²) in [4.78, 5) is 26.3. The average molecular weight is 493 g/mol. The number of halogens is 3. The molecule has 1 aliphatic carbocycles. The Morgan fingerprint density at radius 2 is 1.80 bits per heavy atom. The van der Waals surface area contributed by atoms with E-state index in [1.807, 2.05) is 12.1 Å². The lowest BCUT2D eigenvalue weighted by atomic mass is 9.80. The number of hydrogen-bond acceptors (Lipinski definition) is 6. The summed E-state index contributed by atoms with van der Waals surface area (Å²) in [5.74, 6) is -2.07. The zero-order chi connectivity index (χ0) is 25.2. The highest BCUT2D eigenvalue weighted by atomic mass is 19.4. The summed E-state index contributed by atoms with van der Waals surface area (Å²) in [6.45, 7) is 1.78. The SMILES string of the molecule is O=C(O)C(F)(F)F.O=c1c2cnn(-c3ccc(C4CCC4)cc3)c2ncn1CC1(O)CCNCC1. The van der Waals surface area contributed by atoms with E-state index in [1.54, 1.807) is 10.9 Å². The van der Waals surface area contributed by atoms with Gasteiger partial charge < -0.3 is 15.5 Å². The summed E-state index contributed by atoms with van der Waals surface area (Å²) in [6, 6.07) is 8.40. The van der Waals surface area contributed by atoms with Gasteiger partial charge in [0.05, 0.1) is 24.0 Å². The Labute approximate surface area is 198 Å². The lowest BCUT2D eigenvalue weighted by Crippen LogP contribution is -2.46. The Morgan fingerprint density at radius 1 is 1.17 bits per heavy atom. The molecule has 12 heteroatoms. The number of aliphatic hydroxyl groups is 1. The molecule has 0 unspecified atom stereocenters. The van der Waals surface area contributed by atoms with Crippen LogP contribution in [0.2, 0.25) is 0 Å². The maximum absolute atomic E-state index is 12.9. The van der Waals surface area contributed by atoms with Crippen LogP contribution in [0.25, 0.3) is 16.7 Å². The third kappa shape index (κ3) is 5.54. The number of alkyl halides is 3. The molecule has 3 aromatic rings. The van der Waals surface area contributed by atoms with E-state index in [1.165, 1.54) is 35.7 Å². The van der Waals surface area contributed by atoms with E-state index in [9.17, 15) is 23.1 Å². The van der Waals surface area contributed by atoms with Gasteiger partial charge in [0.2, 0.25) is 0 Å². The molecule has 1 aliphatic heterocycles. The Bertz CT molecular complexity index is 1240. The van der Waals surface area contributed by atoms with Crippen LogP contribution in [0, 0.1) is 0 Å². The predicted molar refractivity (Wildman–Crippen MR) is 120 cm³/mol. The molecular weight excluding hydrogens is 467 g/mol. The van der Waals surface area contributed by atoms with Gasteiger partial charge in [-0.3, -0.25) is 9.36 Å². The molecule has 1 saturated heterocycles. The molecule has 3 N–H and O–H groups in total. The number of nitrogens with one attached hydrogen (secondary N) is 1. The van der Waals surface area contributed by atoms with Crippen LogP contribution in [0.4, 0.5) is 13.2 Å². The van der Waals surface area contributed by atoms with Crippen molar-refractivity contribution in [1.29, 1.82) is 0 Å². The van der Waals surface area contributed by atoms with Gasteiger partial charge in [0.1, 0.15) is 11.7 Å². The number of nitrogens with zero attached hydrogens (tertiary/aromatic N) is 4. The molecule has 2 aliphatic rings. The molecule has 0 amide bonds.